The molecule has 0 aliphatic carbocycles. The number of hydrogen-bond acceptors (Lipinski definition) is 4. The van der Waals surface area contributed by atoms with E-state index >= 15 is 0 Å². The fourth-order valence-electron chi connectivity index (χ4n) is 1.19. The molecule has 0 saturated carbocycles. The Hall–Kier alpha value is -1.53. The Bertz CT molecular complexity index is 534. The van der Waals surface area contributed by atoms with Gasteiger partial charge in [-0.1, -0.05) is 0 Å². The van der Waals surface area contributed by atoms with Crippen molar-refractivity contribution in [2.75, 3.05) is 0 Å². The van der Waals surface area contributed by atoms with Gasteiger partial charge in [-0.05, 0) is 36.0 Å². The predicted molar refractivity (Wildman–Crippen MR) is 60.4 cm³/mol. The van der Waals surface area contributed by atoms with Gasteiger partial charge in [0.15, 0.2) is 5.16 Å². The van der Waals surface area contributed by atoms with Crippen molar-refractivity contribution in [3.8, 4) is 0 Å². The highest BCUT2D eigenvalue weighted by molar-refractivity contribution is 7.99. The van der Waals surface area contributed by atoms with Gasteiger partial charge < -0.3 is 5.73 Å². The summed E-state index contributed by atoms with van der Waals surface area (Å²) in [4.78, 5) is 8.21. The Morgan fingerprint density at radius 2 is 2.06 bits per heavy atom. The molecule has 17 heavy (non-hydrogen) atoms. The minimum absolute atomic E-state index is 0.152. The maximum Gasteiger partial charge on any atom is 0.192 e. The van der Waals surface area contributed by atoms with Crippen molar-refractivity contribution in [3.63, 3.8) is 0 Å². The average molecular weight is 253 g/mol. The fourth-order valence-corrected chi connectivity index (χ4v) is 2.00. The number of aromatic nitrogens is 2. The first-order chi connectivity index (χ1) is 8.19. The smallest absolute Gasteiger partial charge is 0.192 e. The van der Waals surface area contributed by atoms with Crippen LogP contribution in [-0.4, -0.2) is 9.97 Å². The molecule has 88 valence electrons. The fraction of sp³-hybridized carbons (Fsp3) is 0.0909. The van der Waals surface area contributed by atoms with Gasteiger partial charge in [0.25, 0.3) is 0 Å². The summed E-state index contributed by atoms with van der Waals surface area (Å²) in [7, 11) is 0. The quantitative estimate of drug-likeness (QED) is 0.853. The highest BCUT2D eigenvalue weighted by Gasteiger charge is 2.08. The van der Waals surface area contributed by atoms with Gasteiger partial charge >= 0.3 is 0 Å². The van der Waals surface area contributed by atoms with Gasteiger partial charge in [0.1, 0.15) is 11.6 Å². The van der Waals surface area contributed by atoms with E-state index in [0.29, 0.717) is 10.9 Å². The zero-order valence-electron chi connectivity index (χ0n) is 8.73. The third kappa shape index (κ3) is 2.98. The van der Waals surface area contributed by atoms with Crippen molar-refractivity contribution in [3.05, 3.63) is 47.8 Å². The standard InChI is InChI=1S/C11H9F2N3S/c12-7-1-2-9(13)10(5-7)17-11-15-4-3-8(6-14)16-11/h1-5H,6,14H2. The van der Waals surface area contributed by atoms with Gasteiger partial charge in [-0.15, -0.1) is 0 Å². The summed E-state index contributed by atoms with van der Waals surface area (Å²) in [6, 6.07) is 4.92. The molecule has 2 rings (SSSR count). The van der Waals surface area contributed by atoms with Crippen LogP contribution in [0.5, 0.6) is 0 Å². The maximum absolute atomic E-state index is 13.4. The molecule has 0 fully saturated rings. The highest BCUT2D eigenvalue weighted by Crippen LogP contribution is 2.27. The van der Waals surface area contributed by atoms with E-state index in [1.54, 1.807) is 6.07 Å². The molecule has 0 bridgehead atoms. The van der Waals surface area contributed by atoms with Crippen molar-refractivity contribution in [1.29, 1.82) is 0 Å². The van der Waals surface area contributed by atoms with Crippen LogP contribution >= 0.6 is 11.8 Å². The second-order valence-electron chi connectivity index (χ2n) is 3.21. The highest BCUT2D eigenvalue weighted by atomic mass is 32.2. The lowest BCUT2D eigenvalue weighted by Gasteiger charge is -2.03. The van der Waals surface area contributed by atoms with Crippen LogP contribution in [0.1, 0.15) is 5.69 Å². The van der Waals surface area contributed by atoms with Crippen LogP contribution in [0.25, 0.3) is 0 Å². The van der Waals surface area contributed by atoms with Gasteiger partial charge in [-0.25, -0.2) is 18.7 Å². The Kier molecular flexibility index (Phi) is 3.65. The van der Waals surface area contributed by atoms with Gasteiger partial charge in [-0.3, -0.25) is 0 Å². The molecule has 3 nitrogen and oxygen atoms in total. The van der Waals surface area contributed by atoms with Crippen LogP contribution in [0.4, 0.5) is 8.78 Å². The molecule has 1 aromatic heterocycles. The Labute approximate surface area is 101 Å². The van der Waals surface area contributed by atoms with Crippen LogP contribution in [0.3, 0.4) is 0 Å². The first-order valence-corrected chi connectivity index (χ1v) is 5.65. The summed E-state index contributed by atoms with van der Waals surface area (Å²) in [6.07, 6.45) is 1.54. The zero-order valence-corrected chi connectivity index (χ0v) is 9.55. The van der Waals surface area contributed by atoms with Crippen molar-refractivity contribution in [1.82, 2.24) is 9.97 Å². The molecule has 0 radical (unpaired) electrons. The summed E-state index contributed by atoms with van der Waals surface area (Å²) < 4.78 is 26.3. The van der Waals surface area contributed by atoms with E-state index < -0.39 is 11.6 Å². The summed E-state index contributed by atoms with van der Waals surface area (Å²) in [5.41, 5.74) is 6.08. The number of benzene rings is 1. The minimum atomic E-state index is -0.502. The average Bonchev–Trinajstić information content (AvgIpc) is 2.34. The Morgan fingerprint density at radius 1 is 1.24 bits per heavy atom. The topological polar surface area (TPSA) is 51.8 Å². The number of hydrogen-bond donors (Lipinski definition) is 1. The molecule has 6 heteroatoms. The molecule has 2 aromatic rings. The van der Waals surface area contributed by atoms with E-state index in [-0.39, 0.29) is 11.4 Å². The monoisotopic (exact) mass is 253 g/mol. The number of rotatable bonds is 3. The number of nitrogens with two attached hydrogens (primary N) is 1. The van der Waals surface area contributed by atoms with Gasteiger partial charge in [0.05, 0.1) is 10.6 Å². The molecule has 0 spiro atoms. The predicted octanol–water partition coefficient (Wildman–Crippen LogP) is 2.36. The van der Waals surface area contributed by atoms with Gasteiger partial charge in [0, 0.05) is 12.7 Å². The van der Waals surface area contributed by atoms with Crippen LogP contribution in [-0.2, 0) is 6.54 Å². The molecule has 0 atom stereocenters. The summed E-state index contributed by atoms with van der Waals surface area (Å²) in [6.45, 7) is 0.279. The SMILES string of the molecule is NCc1ccnc(Sc2cc(F)ccc2F)n1. The van der Waals surface area contributed by atoms with Gasteiger partial charge in [0.2, 0.25) is 0 Å². The van der Waals surface area contributed by atoms with E-state index in [2.05, 4.69) is 9.97 Å². The van der Waals surface area contributed by atoms with E-state index in [1.807, 2.05) is 0 Å². The summed E-state index contributed by atoms with van der Waals surface area (Å²) in [5.74, 6) is -0.998. The van der Waals surface area contributed by atoms with E-state index in [4.69, 9.17) is 5.73 Å². The van der Waals surface area contributed by atoms with E-state index in [0.717, 1.165) is 30.0 Å². The van der Waals surface area contributed by atoms with Crippen LogP contribution in [0.2, 0.25) is 0 Å². The van der Waals surface area contributed by atoms with Crippen molar-refractivity contribution < 1.29 is 8.78 Å². The zero-order chi connectivity index (χ0) is 12.3. The lowest BCUT2D eigenvalue weighted by atomic mass is 10.3. The largest absolute Gasteiger partial charge is 0.325 e. The lowest BCUT2D eigenvalue weighted by Crippen LogP contribution is -2.01. The first kappa shape index (κ1) is 11.9. The summed E-state index contributed by atoms with van der Waals surface area (Å²) in [5, 5.41) is 0.345. The number of nitrogens with zero attached hydrogens (tertiary/aromatic N) is 2. The Balaban J connectivity index is 2.27. The third-order valence-corrected chi connectivity index (χ3v) is 2.91. The molecule has 0 amide bonds. The second-order valence-corrected chi connectivity index (χ2v) is 4.22. The second kappa shape index (κ2) is 5.20. The van der Waals surface area contributed by atoms with E-state index in [1.165, 1.54) is 6.20 Å². The molecular weight excluding hydrogens is 244 g/mol. The number of halogens is 2. The van der Waals surface area contributed by atoms with Crippen LogP contribution in [0, 0.1) is 11.6 Å². The van der Waals surface area contributed by atoms with E-state index in [9.17, 15) is 8.78 Å². The molecule has 1 heterocycles. The molecule has 0 aliphatic heterocycles. The molecule has 1 aromatic carbocycles. The maximum atomic E-state index is 13.4. The lowest BCUT2D eigenvalue weighted by molar-refractivity contribution is 0.577. The molecule has 2 N–H and O–H groups in total. The van der Waals surface area contributed by atoms with Crippen LogP contribution < -0.4 is 5.73 Å². The van der Waals surface area contributed by atoms with Crippen molar-refractivity contribution in [2.24, 2.45) is 5.73 Å². The first-order valence-electron chi connectivity index (χ1n) is 4.84. The third-order valence-electron chi connectivity index (χ3n) is 1.99. The minimum Gasteiger partial charge on any atom is -0.325 e. The summed E-state index contributed by atoms with van der Waals surface area (Å²) >= 11 is 0.965. The Morgan fingerprint density at radius 3 is 2.82 bits per heavy atom. The van der Waals surface area contributed by atoms with Crippen molar-refractivity contribution >= 4 is 11.8 Å². The molecule has 0 saturated heterocycles. The van der Waals surface area contributed by atoms with Crippen LogP contribution in [0.15, 0.2) is 40.5 Å². The molecular formula is C11H9F2N3S. The van der Waals surface area contributed by atoms with Crippen molar-refractivity contribution in [2.45, 2.75) is 16.6 Å². The normalized spacial score (nSPS) is 10.5. The molecule has 0 unspecified atom stereocenters. The molecule has 0 aliphatic rings. The van der Waals surface area contributed by atoms with Gasteiger partial charge in [-0.2, -0.15) is 0 Å².